The molecule has 0 radical (unpaired) electrons. The molecule has 1 fully saturated rings. The number of aryl methyl sites for hydroxylation is 1. The van der Waals surface area contributed by atoms with E-state index in [1.165, 1.54) is 10.8 Å². The summed E-state index contributed by atoms with van der Waals surface area (Å²) in [7, 11) is 2.00. The monoisotopic (exact) mass is 429 g/mol. The normalized spacial score (nSPS) is 15.2. The van der Waals surface area contributed by atoms with Gasteiger partial charge in [-0.05, 0) is 0 Å². The summed E-state index contributed by atoms with van der Waals surface area (Å²) in [5.74, 6) is 0.110. The van der Waals surface area contributed by atoms with Gasteiger partial charge in [0, 0.05) is 0 Å². The van der Waals surface area contributed by atoms with Crippen LogP contribution < -0.4 is 8.83 Å². The van der Waals surface area contributed by atoms with Crippen LogP contribution in [0.5, 0.6) is 0 Å². The van der Waals surface area contributed by atoms with E-state index in [1.54, 1.807) is 6.20 Å². The number of benzene rings is 1. The Morgan fingerprint density at radius 3 is 2.77 bits per heavy atom. The Kier molecular flexibility index (Phi) is 5.06. The van der Waals surface area contributed by atoms with Crippen molar-refractivity contribution in [1.29, 1.82) is 0 Å². The molecule has 26 heavy (non-hydrogen) atoms. The van der Waals surface area contributed by atoms with Gasteiger partial charge < -0.3 is 0 Å². The van der Waals surface area contributed by atoms with Gasteiger partial charge in [-0.3, -0.25) is 0 Å². The van der Waals surface area contributed by atoms with Gasteiger partial charge in [0.1, 0.15) is 0 Å². The second-order valence-electron chi connectivity index (χ2n) is 6.70. The molecule has 1 saturated heterocycles. The number of rotatable bonds is 3. The van der Waals surface area contributed by atoms with E-state index in [2.05, 4.69) is 12.1 Å². The molecule has 3 aromatic rings. The summed E-state index contributed by atoms with van der Waals surface area (Å²) in [5, 5.41) is 1.85. The van der Waals surface area contributed by atoms with Crippen molar-refractivity contribution in [3.63, 3.8) is 0 Å². The van der Waals surface area contributed by atoms with Crippen LogP contribution in [0.4, 0.5) is 0 Å². The van der Waals surface area contributed by atoms with E-state index in [0.29, 0.717) is 0 Å². The topological polar surface area (TPSA) is 38.1 Å². The third-order valence-corrected chi connectivity index (χ3v) is 7.69. The van der Waals surface area contributed by atoms with Crippen LogP contribution in [0.25, 0.3) is 10.9 Å². The number of hydrogen-bond acceptors (Lipinski definition) is 2. The maximum atomic E-state index is 13.0. The first-order chi connectivity index (χ1) is 12.6. The van der Waals surface area contributed by atoms with E-state index in [1.807, 2.05) is 40.9 Å². The molecule has 0 N–H and O–H groups in total. The Hall–Kier alpha value is -1.77. The number of piperidine rings is 1. The molecule has 6 heteroatoms. The van der Waals surface area contributed by atoms with Gasteiger partial charge in [0.15, 0.2) is 0 Å². The summed E-state index contributed by atoms with van der Waals surface area (Å²) in [6.07, 6.45) is 7.20. The number of carbonyl (C=O) groups is 1. The van der Waals surface area contributed by atoms with E-state index < -0.39 is 15.8 Å². The molecule has 1 amide bonds. The Morgan fingerprint density at radius 2 is 2.00 bits per heavy atom. The van der Waals surface area contributed by atoms with Gasteiger partial charge in [0.25, 0.3) is 0 Å². The average Bonchev–Trinajstić information content (AvgIpc) is 3.05. The number of fused-ring (bicyclic) bond motifs is 1. The molecule has 0 aliphatic carbocycles. The number of nitrogens with zero attached hydrogens (tertiary/aromatic N) is 3. The molecule has 3 heterocycles. The molecular weight excluding hydrogens is 409 g/mol. The number of amides is 1. The zero-order valence-electron chi connectivity index (χ0n) is 14.7. The predicted molar refractivity (Wildman–Crippen MR) is 108 cm³/mol. The SMILES string of the molecule is Cn1ccc2c([AsH]c3cccc(Cl)c3)ncc(C(=O)N3CCCCC3)c21. The van der Waals surface area contributed by atoms with Crippen LogP contribution in [-0.4, -0.2) is 49.2 Å². The van der Waals surface area contributed by atoms with Crippen LogP contribution in [0.1, 0.15) is 29.6 Å². The molecule has 1 aliphatic heterocycles. The van der Waals surface area contributed by atoms with Crippen LogP contribution in [0.15, 0.2) is 42.7 Å². The van der Waals surface area contributed by atoms with Crippen LogP contribution in [0.3, 0.4) is 0 Å². The van der Waals surface area contributed by atoms with Crippen molar-refractivity contribution in [1.82, 2.24) is 14.5 Å². The molecule has 1 atom stereocenters. The van der Waals surface area contributed by atoms with E-state index >= 15 is 0 Å². The van der Waals surface area contributed by atoms with Gasteiger partial charge in [0.2, 0.25) is 0 Å². The van der Waals surface area contributed by atoms with Crippen molar-refractivity contribution >= 4 is 53.0 Å². The minimum absolute atomic E-state index is 0.110. The van der Waals surface area contributed by atoms with Gasteiger partial charge in [-0.15, -0.1) is 0 Å². The van der Waals surface area contributed by atoms with Crippen molar-refractivity contribution in [3.8, 4) is 0 Å². The number of hydrogen-bond donors (Lipinski definition) is 0. The Bertz CT molecular complexity index is 963. The second-order valence-corrected chi connectivity index (χ2v) is 9.86. The summed E-state index contributed by atoms with van der Waals surface area (Å²) in [5.41, 5.74) is 1.71. The summed E-state index contributed by atoms with van der Waals surface area (Å²) in [6, 6.07) is 10.1. The summed E-state index contributed by atoms with van der Waals surface area (Å²) in [6.45, 7) is 1.70. The number of halogens is 1. The molecule has 0 saturated carbocycles. The summed E-state index contributed by atoms with van der Waals surface area (Å²) >= 11 is 5.52. The summed E-state index contributed by atoms with van der Waals surface area (Å²) in [4.78, 5) is 19.7. The van der Waals surface area contributed by atoms with Gasteiger partial charge in [-0.25, -0.2) is 0 Å². The number of likely N-dealkylation sites (tertiary alicyclic amines) is 1. The summed E-state index contributed by atoms with van der Waals surface area (Å²) < 4.78 is 4.38. The molecule has 4 rings (SSSR count). The third kappa shape index (κ3) is 3.41. The van der Waals surface area contributed by atoms with Gasteiger partial charge in [0.05, 0.1) is 0 Å². The standard InChI is InChI=1S/C20H21AsClN3O/c1-24-11-8-16-18(24)17(20(26)25-9-3-2-4-10-25)13-23-19(16)21-14-6-5-7-15(22)12-14/h5-8,11-13,21H,2-4,9-10H2,1H3. The number of aromatic nitrogens is 2. The Labute approximate surface area is 164 Å². The van der Waals surface area contributed by atoms with Crippen LogP contribution in [0, 0.1) is 0 Å². The van der Waals surface area contributed by atoms with Gasteiger partial charge in [-0.2, -0.15) is 0 Å². The molecule has 134 valence electrons. The van der Waals surface area contributed by atoms with Crippen molar-refractivity contribution in [3.05, 3.63) is 53.3 Å². The first-order valence-corrected chi connectivity index (χ1v) is 11.4. The minimum atomic E-state index is -0.616. The average molecular weight is 430 g/mol. The number of carbonyl (C=O) groups excluding carboxylic acids is 1. The van der Waals surface area contributed by atoms with Gasteiger partial charge >= 0.3 is 165 Å². The molecule has 0 spiro atoms. The van der Waals surface area contributed by atoms with E-state index in [9.17, 15) is 4.79 Å². The zero-order valence-corrected chi connectivity index (χ0v) is 17.6. The van der Waals surface area contributed by atoms with Crippen LogP contribution in [0.2, 0.25) is 5.02 Å². The number of pyridine rings is 1. The van der Waals surface area contributed by atoms with Crippen molar-refractivity contribution in [2.45, 2.75) is 19.3 Å². The zero-order chi connectivity index (χ0) is 18.1. The first kappa shape index (κ1) is 17.6. The second kappa shape index (κ2) is 7.46. The fourth-order valence-corrected chi connectivity index (χ4v) is 6.33. The van der Waals surface area contributed by atoms with Crippen molar-refractivity contribution in [2.75, 3.05) is 13.1 Å². The molecule has 1 aromatic carbocycles. The molecular formula is C20H21AsClN3O. The molecule has 1 unspecified atom stereocenters. The fraction of sp³-hybridized carbons (Fsp3) is 0.300. The molecule has 2 aromatic heterocycles. The Balaban J connectivity index is 1.73. The molecule has 1 aliphatic rings. The van der Waals surface area contributed by atoms with Crippen molar-refractivity contribution in [2.24, 2.45) is 7.05 Å². The van der Waals surface area contributed by atoms with Gasteiger partial charge in [-0.1, -0.05) is 0 Å². The maximum absolute atomic E-state index is 13.0. The van der Waals surface area contributed by atoms with Crippen LogP contribution >= 0.6 is 11.6 Å². The fourth-order valence-electron chi connectivity index (χ4n) is 3.54. The quantitative estimate of drug-likeness (QED) is 0.599. The molecule has 0 bridgehead atoms. The van der Waals surface area contributed by atoms with E-state index in [4.69, 9.17) is 16.6 Å². The third-order valence-electron chi connectivity index (χ3n) is 4.87. The molecule has 4 nitrogen and oxygen atoms in total. The first-order valence-electron chi connectivity index (χ1n) is 8.89. The Morgan fingerprint density at radius 1 is 1.19 bits per heavy atom. The van der Waals surface area contributed by atoms with Crippen LogP contribution in [-0.2, 0) is 7.05 Å². The predicted octanol–water partition coefficient (Wildman–Crippen LogP) is 2.24. The van der Waals surface area contributed by atoms with E-state index in [-0.39, 0.29) is 5.91 Å². The van der Waals surface area contributed by atoms with Crippen molar-refractivity contribution < 1.29 is 4.79 Å². The van der Waals surface area contributed by atoms with E-state index in [0.717, 1.165) is 51.9 Å².